The summed E-state index contributed by atoms with van der Waals surface area (Å²) in [6.07, 6.45) is 1.71. The third kappa shape index (κ3) is 1.88. The molecule has 0 bridgehead atoms. The van der Waals surface area contributed by atoms with Crippen LogP contribution in [0.4, 0.5) is 4.39 Å². The Hall–Kier alpha value is -0.110. The maximum Gasteiger partial charge on any atom is 0.111 e. The molecular weight excluding hydrogens is 167 g/mol. The monoisotopic (exact) mass is 188 g/mol. The zero-order valence-corrected chi connectivity index (χ0v) is 9.19. The molecular formula is C11H21FO. The summed E-state index contributed by atoms with van der Waals surface area (Å²) in [6.45, 7) is 9.08. The van der Waals surface area contributed by atoms with E-state index in [9.17, 15) is 4.39 Å². The maximum absolute atomic E-state index is 14.1. The van der Waals surface area contributed by atoms with Crippen LogP contribution in [0.15, 0.2) is 0 Å². The summed E-state index contributed by atoms with van der Waals surface area (Å²) in [5.41, 5.74) is -1.27. The van der Waals surface area contributed by atoms with Crippen LogP contribution < -0.4 is 0 Å². The number of halogens is 1. The van der Waals surface area contributed by atoms with Crippen LogP contribution in [0.2, 0.25) is 0 Å². The quantitative estimate of drug-likeness (QED) is 0.646. The zero-order chi connectivity index (χ0) is 10.1. The molecule has 1 nitrogen and oxygen atoms in total. The molecule has 0 atom stereocenters. The fourth-order valence-electron chi connectivity index (χ4n) is 2.59. The minimum atomic E-state index is -1.09. The van der Waals surface area contributed by atoms with Gasteiger partial charge in [0.1, 0.15) is 5.67 Å². The smallest absolute Gasteiger partial charge is 0.111 e. The molecule has 2 heteroatoms. The lowest BCUT2D eigenvalue weighted by Gasteiger charge is -2.47. The van der Waals surface area contributed by atoms with Crippen molar-refractivity contribution in [1.82, 2.24) is 0 Å². The highest BCUT2D eigenvalue weighted by Gasteiger charge is 2.48. The average molecular weight is 188 g/mol. The molecule has 0 aromatic rings. The van der Waals surface area contributed by atoms with Gasteiger partial charge in [-0.1, -0.05) is 13.8 Å². The van der Waals surface area contributed by atoms with Crippen molar-refractivity contribution >= 4 is 0 Å². The van der Waals surface area contributed by atoms with Crippen LogP contribution in [0.3, 0.4) is 0 Å². The second-order valence-electron chi connectivity index (χ2n) is 4.90. The number of hydrogen-bond donors (Lipinski definition) is 0. The zero-order valence-electron chi connectivity index (χ0n) is 9.19. The SMILES string of the molecule is CC(C)C1(C(C)(C)F)CCOCC1. The van der Waals surface area contributed by atoms with Gasteiger partial charge in [0.2, 0.25) is 0 Å². The maximum atomic E-state index is 14.1. The van der Waals surface area contributed by atoms with Gasteiger partial charge in [-0.2, -0.15) is 0 Å². The Balaban J connectivity index is 2.86. The standard InChI is InChI=1S/C11H21FO/c1-9(2)11(10(3,4)12)5-7-13-8-6-11/h9H,5-8H2,1-4H3. The van der Waals surface area contributed by atoms with Crippen molar-refractivity contribution in [3.05, 3.63) is 0 Å². The van der Waals surface area contributed by atoms with Crippen molar-refractivity contribution in [3.8, 4) is 0 Å². The molecule has 13 heavy (non-hydrogen) atoms. The summed E-state index contributed by atoms with van der Waals surface area (Å²) in [5.74, 6) is 0.386. The highest BCUT2D eigenvalue weighted by Crippen LogP contribution is 2.48. The first-order valence-electron chi connectivity index (χ1n) is 5.17. The highest BCUT2D eigenvalue weighted by molar-refractivity contribution is 4.96. The van der Waals surface area contributed by atoms with Crippen LogP contribution in [0.1, 0.15) is 40.5 Å². The highest BCUT2D eigenvalue weighted by atomic mass is 19.1. The third-order valence-electron chi connectivity index (χ3n) is 3.67. The van der Waals surface area contributed by atoms with Gasteiger partial charge in [-0.25, -0.2) is 4.39 Å². The molecule has 1 fully saturated rings. The minimum absolute atomic E-state index is 0.175. The fraction of sp³-hybridized carbons (Fsp3) is 1.00. The predicted molar refractivity (Wildman–Crippen MR) is 52.5 cm³/mol. The Morgan fingerprint density at radius 3 is 1.92 bits per heavy atom. The molecule has 0 aromatic heterocycles. The van der Waals surface area contributed by atoms with E-state index in [1.54, 1.807) is 13.8 Å². The van der Waals surface area contributed by atoms with Gasteiger partial charge in [0.15, 0.2) is 0 Å². The molecule has 1 rings (SSSR count). The van der Waals surface area contributed by atoms with Crippen molar-refractivity contribution in [2.45, 2.75) is 46.2 Å². The Labute approximate surface area is 80.7 Å². The molecule has 0 aromatic carbocycles. The summed E-state index contributed by atoms with van der Waals surface area (Å²) in [6, 6.07) is 0. The Kier molecular flexibility index (Phi) is 3.01. The summed E-state index contributed by atoms with van der Waals surface area (Å²) in [5, 5.41) is 0. The molecule has 0 amide bonds. The number of alkyl halides is 1. The van der Waals surface area contributed by atoms with Crippen molar-refractivity contribution in [2.75, 3.05) is 13.2 Å². The van der Waals surface area contributed by atoms with E-state index in [-0.39, 0.29) is 5.41 Å². The molecule has 1 aliphatic heterocycles. The van der Waals surface area contributed by atoms with Crippen LogP contribution >= 0.6 is 0 Å². The van der Waals surface area contributed by atoms with Crippen molar-refractivity contribution < 1.29 is 9.13 Å². The normalized spacial score (nSPS) is 23.5. The Morgan fingerprint density at radius 2 is 1.69 bits per heavy atom. The van der Waals surface area contributed by atoms with E-state index in [1.165, 1.54) is 0 Å². The lowest BCUT2D eigenvalue weighted by molar-refractivity contribution is -0.0964. The number of ether oxygens (including phenoxy) is 1. The van der Waals surface area contributed by atoms with E-state index in [4.69, 9.17) is 4.74 Å². The predicted octanol–water partition coefficient (Wildman–Crippen LogP) is 3.19. The Bertz CT molecular complexity index is 163. The number of rotatable bonds is 2. The molecule has 0 aliphatic carbocycles. The van der Waals surface area contributed by atoms with Crippen molar-refractivity contribution in [2.24, 2.45) is 11.3 Å². The van der Waals surface area contributed by atoms with Gasteiger partial charge in [-0.15, -0.1) is 0 Å². The molecule has 0 unspecified atom stereocenters. The van der Waals surface area contributed by atoms with Gasteiger partial charge in [0, 0.05) is 18.6 Å². The molecule has 78 valence electrons. The van der Waals surface area contributed by atoms with Crippen molar-refractivity contribution in [1.29, 1.82) is 0 Å². The van der Waals surface area contributed by atoms with Gasteiger partial charge in [0.25, 0.3) is 0 Å². The first-order valence-corrected chi connectivity index (χ1v) is 5.17. The molecule has 0 N–H and O–H groups in total. The molecule has 0 radical (unpaired) electrons. The summed E-state index contributed by atoms with van der Waals surface area (Å²) in [7, 11) is 0. The average Bonchev–Trinajstić information content (AvgIpc) is 2.03. The first kappa shape index (κ1) is 11.0. The third-order valence-corrected chi connectivity index (χ3v) is 3.67. The summed E-state index contributed by atoms with van der Waals surface area (Å²) >= 11 is 0. The lowest BCUT2D eigenvalue weighted by atomic mass is 9.62. The van der Waals surface area contributed by atoms with Crippen LogP contribution in [0, 0.1) is 11.3 Å². The van der Waals surface area contributed by atoms with E-state index >= 15 is 0 Å². The molecule has 0 spiro atoms. The Morgan fingerprint density at radius 1 is 1.23 bits per heavy atom. The van der Waals surface area contributed by atoms with Gasteiger partial charge in [-0.3, -0.25) is 0 Å². The van der Waals surface area contributed by atoms with Gasteiger partial charge < -0.3 is 4.74 Å². The minimum Gasteiger partial charge on any atom is -0.381 e. The fourth-order valence-corrected chi connectivity index (χ4v) is 2.59. The summed E-state index contributed by atoms with van der Waals surface area (Å²) in [4.78, 5) is 0. The molecule has 1 saturated heterocycles. The van der Waals surface area contributed by atoms with E-state index < -0.39 is 5.67 Å². The van der Waals surface area contributed by atoms with E-state index in [1.807, 2.05) is 0 Å². The van der Waals surface area contributed by atoms with Crippen LogP contribution in [0.5, 0.6) is 0 Å². The molecule has 0 saturated carbocycles. The second-order valence-corrected chi connectivity index (χ2v) is 4.90. The molecule has 1 aliphatic rings. The van der Waals surface area contributed by atoms with E-state index in [0.29, 0.717) is 19.1 Å². The topological polar surface area (TPSA) is 9.23 Å². The first-order chi connectivity index (χ1) is 5.90. The van der Waals surface area contributed by atoms with Crippen LogP contribution in [-0.2, 0) is 4.74 Å². The van der Waals surface area contributed by atoms with Gasteiger partial charge >= 0.3 is 0 Å². The van der Waals surface area contributed by atoms with Gasteiger partial charge in [-0.05, 0) is 32.6 Å². The van der Waals surface area contributed by atoms with E-state index in [2.05, 4.69) is 13.8 Å². The van der Waals surface area contributed by atoms with Crippen LogP contribution in [-0.4, -0.2) is 18.9 Å². The molecule has 1 heterocycles. The number of hydrogen-bond acceptors (Lipinski definition) is 1. The van der Waals surface area contributed by atoms with Crippen LogP contribution in [0.25, 0.3) is 0 Å². The van der Waals surface area contributed by atoms with Crippen molar-refractivity contribution in [3.63, 3.8) is 0 Å². The van der Waals surface area contributed by atoms with E-state index in [0.717, 1.165) is 12.8 Å². The second kappa shape index (κ2) is 3.56. The largest absolute Gasteiger partial charge is 0.381 e. The van der Waals surface area contributed by atoms with Gasteiger partial charge in [0.05, 0.1) is 0 Å². The summed E-state index contributed by atoms with van der Waals surface area (Å²) < 4.78 is 19.4. The lowest BCUT2D eigenvalue weighted by Crippen LogP contribution is -2.48.